The Balaban J connectivity index is 1.92. The molecule has 3 rings (SSSR count). The standard InChI is InChI=1S/C16H19N3O/c1-11-4-15-16(5-12(11)2)19(10-18-15)8-14-6-13(7-17-3)9-20-14/h4-6,9-10,17H,7-8H2,1-3H3. The Kier molecular flexibility index (Phi) is 3.32. The molecule has 0 radical (unpaired) electrons. The molecule has 0 unspecified atom stereocenters. The van der Waals surface area contributed by atoms with Crippen LogP contribution in [0.1, 0.15) is 22.5 Å². The van der Waals surface area contributed by atoms with Crippen molar-refractivity contribution in [2.24, 2.45) is 0 Å². The summed E-state index contributed by atoms with van der Waals surface area (Å²) < 4.78 is 7.73. The number of hydrogen-bond donors (Lipinski definition) is 1. The summed E-state index contributed by atoms with van der Waals surface area (Å²) in [6, 6.07) is 6.41. The topological polar surface area (TPSA) is 43.0 Å². The van der Waals surface area contributed by atoms with E-state index < -0.39 is 0 Å². The zero-order valence-electron chi connectivity index (χ0n) is 12.1. The second kappa shape index (κ2) is 5.13. The van der Waals surface area contributed by atoms with E-state index in [4.69, 9.17) is 4.42 Å². The van der Waals surface area contributed by atoms with Gasteiger partial charge in [-0.05, 0) is 50.2 Å². The first-order valence-electron chi connectivity index (χ1n) is 6.80. The number of hydrogen-bond acceptors (Lipinski definition) is 3. The van der Waals surface area contributed by atoms with Crippen molar-refractivity contribution in [2.45, 2.75) is 26.9 Å². The largest absolute Gasteiger partial charge is 0.467 e. The SMILES string of the molecule is CNCc1coc(Cn2cnc3cc(C)c(C)cc32)c1. The highest BCUT2D eigenvalue weighted by Gasteiger charge is 2.08. The Morgan fingerprint density at radius 2 is 2.00 bits per heavy atom. The number of rotatable bonds is 4. The summed E-state index contributed by atoms with van der Waals surface area (Å²) in [5.74, 6) is 0.952. The number of benzene rings is 1. The van der Waals surface area contributed by atoms with Crippen LogP contribution in [-0.4, -0.2) is 16.6 Å². The Morgan fingerprint density at radius 3 is 2.80 bits per heavy atom. The number of nitrogens with zero attached hydrogens (tertiary/aromatic N) is 2. The van der Waals surface area contributed by atoms with Gasteiger partial charge in [0, 0.05) is 12.1 Å². The molecular formula is C16H19N3O. The summed E-state index contributed by atoms with van der Waals surface area (Å²) in [5.41, 5.74) is 5.92. The molecule has 0 amide bonds. The number of fused-ring (bicyclic) bond motifs is 1. The van der Waals surface area contributed by atoms with Gasteiger partial charge in [-0.2, -0.15) is 0 Å². The zero-order chi connectivity index (χ0) is 14.1. The van der Waals surface area contributed by atoms with Crippen molar-refractivity contribution in [1.29, 1.82) is 0 Å². The molecule has 0 fully saturated rings. The van der Waals surface area contributed by atoms with Crippen molar-refractivity contribution in [2.75, 3.05) is 7.05 Å². The number of imidazole rings is 1. The van der Waals surface area contributed by atoms with Crippen LogP contribution >= 0.6 is 0 Å². The van der Waals surface area contributed by atoms with Gasteiger partial charge in [-0.3, -0.25) is 0 Å². The van der Waals surface area contributed by atoms with Gasteiger partial charge in [0.25, 0.3) is 0 Å². The van der Waals surface area contributed by atoms with Crippen molar-refractivity contribution in [3.05, 3.63) is 53.2 Å². The van der Waals surface area contributed by atoms with Crippen LogP contribution in [0.2, 0.25) is 0 Å². The normalized spacial score (nSPS) is 11.3. The van der Waals surface area contributed by atoms with Gasteiger partial charge >= 0.3 is 0 Å². The molecule has 0 aliphatic heterocycles. The number of aromatic nitrogens is 2. The summed E-state index contributed by atoms with van der Waals surface area (Å²) >= 11 is 0. The van der Waals surface area contributed by atoms with E-state index in [1.54, 1.807) is 6.26 Å². The number of nitrogens with one attached hydrogen (secondary N) is 1. The maximum Gasteiger partial charge on any atom is 0.123 e. The predicted octanol–water partition coefficient (Wildman–Crippen LogP) is 3.01. The third-order valence-corrected chi connectivity index (χ3v) is 3.65. The molecule has 1 aromatic carbocycles. The van der Waals surface area contributed by atoms with Crippen LogP contribution in [-0.2, 0) is 13.1 Å². The molecule has 0 spiro atoms. The highest BCUT2D eigenvalue weighted by molar-refractivity contribution is 5.77. The van der Waals surface area contributed by atoms with Crippen molar-refractivity contribution < 1.29 is 4.42 Å². The zero-order valence-corrected chi connectivity index (χ0v) is 12.1. The average molecular weight is 269 g/mol. The molecule has 4 heteroatoms. The molecule has 0 bridgehead atoms. The van der Waals surface area contributed by atoms with Crippen LogP contribution in [0.25, 0.3) is 11.0 Å². The Hall–Kier alpha value is -2.07. The van der Waals surface area contributed by atoms with E-state index in [1.807, 2.05) is 13.4 Å². The fourth-order valence-electron chi connectivity index (χ4n) is 2.41. The van der Waals surface area contributed by atoms with E-state index in [1.165, 1.54) is 16.7 Å². The highest BCUT2D eigenvalue weighted by Crippen LogP contribution is 2.20. The summed E-state index contributed by atoms with van der Waals surface area (Å²) in [4.78, 5) is 4.47. The summed E-state index contributed by atoms with van der Waals surface area (Å²) in [6.07, 6.45) is 3.68. The highest BCUT2D eigenvalue weighted by atomic mass is 16.3. The quantitative estimate of drug-likeness (QED) is 0.791. The van der Waals surface area contributed by atoms with Crippen molar-refractivity contribution in [1.82, 2.24) is 14.9 Å². The first-order valence-corrected chi connectivity index (χ1v) is 6.80. The molecule has 104 valence electrons. The molecular weight excluding hydrogens is 250 g/mol. The van der Waals surface area contributed by atoms with Gasteiger partial charge in [0.2, 0.25) is 0 Å². The van der Waals surface area contributed by atoms with Crippen LogP contribution in [0.15, 0.2) is 35.2 Å². The molecule has 20 heavy (non-hydrogen) atoms. The molecule has 2 heterocycles. The number of aryl methyl sites for hydroxylation is 2. The Bertz CT molecular complexity index is 739. The van der Waals surface area contributed by atoms with Gasteiger partial charge in [-0.1, -0.05) is 0 Å². The monoisotopic (exact) mass is 269 g/mol. The molecule has 0 atom stereocenters. The van der Waals surface area contributed by atoms with E-state index >= 15 is 0 Å². The Labute approximate surface area is 118 Å². The lowest BCUT2D eigenvalue weighted by atomic mass is 10.1. The van der Waals surface area contributed by atoms with Gasteiger partial charge in [0.1, 0.15) is 5.76 Å². The lowest BCUT2D eigenvalue weighted by molar-refractivity contribution is 0.494. The van der Waals surface area contributed by atoms with Crippen molar-refractivity contribution >= 4 is 11.0 Å². The van der Waals surface area contributed by atoms with E-state index in [0.717, 1.165) is 23.3 Å². The van der Waals surface area contributed by atoms with Gasteiger partial charge in [0.05, 0.1) is 30.2 Å². The molecule has 0 saturated heterocycles. The van der Waals surface area contributed by atoms with Crippen LogP contribution in [0.5, 0.6) is 0 Å². The minimum Gasteiger partial charge on any atom is -0.467 e. The van der Waals surface area contributed by atoms with Crippen molar-refractivity contribution in [3.63, 3.8) is 0 Å². The second-order valence-corrected chi connectivity index (χ2v) is 5.25. The van der Waals surface area contributed by atoms with Gasteiger partial charge in [0.15, 0.2) is 0 Å². The first kappa shape index (κ1) is 12.9. The van der Waals surface area contributed by atoms with E-state index in [9.17, 15) is 0 Å². The fourth-order valence-corrected chi connectivity index (χ4v) is 2.41. The molecule has 0 aliphatic carbocycles. The second-order valence-electron chi connectivity index (χ2n) is 5.25. The summed E-state index contributed by atoms with van der Waals surface area (Å²) in [5, 5.41) is 3.12. The lowest BCUT2D eigenvalue weighted by Crippen LogP contribution is -2.03. The third kappa shape index (κ3) is 2.34. The third-order valence-electron chi connectivity index (χ3n) is 3.65. The summed E-state index contributed by atoms with van der Waals surface area (Å²) in [7, 11) is 1.93. The fraction of sp³-hybridized carbons (Fsp3) is 0.312. The van der Waals surface area contributed by atoms with Crippen LogP contribution < -0.4 is 5.32 Å². The van der Waals surface area contributed by atoms with E-state index in [0.29, 0.717) is 6.54 Å². The average Bonchev–Trinajstić information content (AvgIpc) is 3.00. The molecule has 1 N–H and O–H groups in total. The maximum atomic E-state index is 5.60. The molecule has 4 nitrogen and oxygen atoms in total. The van der Waals surface area contributed by atoms with E-state index in [-0.39, 0.29) is 0 Å². The van der Waals surface area contributed by atoms with E-state index in [2.05, 4.69) is 46.9 Å². The molecule has 0 aliphatic rings. The number of furan rings is 1. The van der Waals surface area contributed by atoms with Gasteiger partial charge in [-0.15, -0.1) is 0 Å². The first-order chi connectivity index (χ1) is 9.67. The molecule has 2 aromatic heterocycles. The van der Waals surface area contributed by atoms with Crippen molar-refractivity contribution in [3.8, 4) is 0 Å². The lowest BCUT2D eigenvalue weighted by Gasteiger charge is -2.04. The molecule has 0 saturated carbocycles. The van der Waals surface area contributed by atoms with Gasteiger partial charge < -0.3 is 14.3 Å². The smallest absolute Gasteiger partial charge is 0.123 e. The maximum absolute atomic E-state index is 5.60. The van der Waals surface area contributed by atoms with Crippen LogP contribution in [0.3, 0.4) is 0 Å². The van der Waals surface area contributed by atoms with Crippen LogP contribution in [0, 0.1) is 13.8 Å². The Morgan fingerprint density at radius 1 is 1.20 bits per heavy atom. The van der Waals surface area contributed by atoms with Gasteiger partial charge in [-0.25, -0.2) is 4.98 Å². The molecule has 3 aromatic rings. The minimum absolute atomic E-state index is 0.711. The minimum atomic E-state index is 0.711. The summed E-state index contributed by atoms with van der Waals surface area (Å²) in [6.45, 7) is 5.78. The predicted molar refractivity (Wildman–Crippen MR) is 79.8 cm³/mol. The van der Waals surface area contributed by atoms with Crippen LogP contribution in [0.4, 0.5) is 0 Å².